The summed E-state index contributed by atoms with van der Waals surface area (Å²) in [7, 11) is 1.74. The summed E-state index contributed by atoms with van der Waals surface area (Å²) in [4.78, 5) is 0. The van der Waals surface area contributed by atoms with Crippen molar-refractivity contribution in [1.29, 1.82) is 5.26 Å². The van der Waals surface area contributed by atoms with Crippen molar-refractivity contribution in [2.45, 2.75) is 12.0 Å². The summed E-state index contributed by atoms with van der Waals surface area (Å²) < 4.78 is 18.9. The van der Waals surface area contributed by atoms with Crippen LogP contribution in [0.3, 0.4) is 0 Å². The number of nitrogens with zero attached hydrogens (tertiary/aromatic N) is 1. The second-order valence-corrected chi connectivity index (χ2v) is 4.66. The SMILES string of the molecule is CNC(C#N)(CCOc1ccccc1F)c1ccccc1. The molecule has 0 aliphatic carbocycles. The van der Waals surface area contributed by atoms with E-state index >= 15 is 0 Å². The lowest BCUT2D eigenvalue weighted by molar-refractivity contribution is 0.256. The Labute approximate surface area is 124 Å². The van der Waals surface area contributed by atoms with E-state index in [1.165, 1.54) is 6.07 Å². The normalized spacial score (nSPS) is 13.2. The zero-order valence-corrected chi connectivity index (χ0v) is 11.8. The van der Waals surface area contributed by atoms with Crippen LogP contribution in [0, 0.1) is 17.1 Å². The summed E-state index contributed by atoms with van der Waals surface area (Å²) in [6.07, 6.45) is 0.415. The average Bonchev–Trinajstić information content (AvgIpc) is 2.54. The van der Waals surface area contributed by atoms with Crippen LogP contribution < -0.4 is 10.1 Å². The number of ether oxygens (including phenoxy) is 1. The van der Waals surface area contributed by atoms with Crippen molar-refractivity contribution < 1.29 is 9.13 Å². The van der Waals surface area contributed by atoms with Crippen molar-refractivity contribution in [3.05, 3.63) is 66.0 Å². The lowest BCUT2D eigenvalue weighted by Gasteiger charge is -2.26. The minimum absolute atomic E-state index is 0.202. The predicted molar refractivity (Wildman–Crippen MR) is 79.3 cm³/mol. The first-order valence-electron chi connectivity index (χ1n) is 6.75. The molecule has 0 aromatic heterocycles. The van der Waals surface area contributed by atoms with Gasteiger partial charge in [-0.2, -0.15) is 5.26 Å². The Bertz CT molecular complexity index is 624. The third kappa shape index (κ3) is 3.39. The lowest BCUT2D eigenvalue weighted by Crippen LogP contribution is -2.40. The van der Waals surface area contributed by atoms with Crippen molar-refractivity contribution in [3.8, 4) is 11.8 Å². The fourth-order valence-corrected chi connectivity index (χ4v) is 2.19. The molecule has 2 aromatic rings. The van der Waals surface area contributed by atoms with Crippen LogP contribution in [0.15, 0.2) is 54.6 Å². The summed E-state index contributed by atoms with van der Waals surface area (Å²) in [5, 5.41) is 12.6. The number of rotatable bonds is 6. The molecule has 1 atom stereocenters. The van der Waals surface area contributed by atoms with Crippen LogP contribution in [0.25, 0.3) is 0 Å². The van der Waals surface area contributed by atoms with Crippen LogP contribution >= 0.6 is 0 Å². The molecule has 0 bridgehead atoms. The molecule has 0 radical (unpaired) electrons. The van der Waals surface area contributed by atoms with Crippen molar-refractivity contribution in [3.63, 3.8) is 0 Å². The van der Waals surface area contributed by atoms with Gasteiger partial charge >= 0.3 is 0 Å². The molecule has 0 fully saturated rings. The number of benzene rings is 2. The zero-order chi connectivity index (χ0) is 15.1. The molecule has 2 rings (SSSR count). The quantitative estimate of drug-likeness (QED) is 0.885. The second kappa shape index (κ2) is 6.87. The van der Waals surface area contributed by atoms with Gasteiger partial charge in [0.1, 0.15) is 5.54 Å². The van der Waals surface area contributed by atoms with E-state index in [1.54, 1.807) is 25.2 Å². The summed E-state index contributed by atoms with van der Waals surface area (Å²) in [5.74, 6) is -0.197. The van der Waals surface area contributed by atoms with E-state index in [0.717, 1.165) is 5.56 Å². The molecular weight excluding hydrogens is 267 g/mol. The van der Waals surface area contributed by atoms with Crippen LogP contribution in [0.1, 0.15) is 12.0 Å². The molecule has 0 heterocycles. The van der Waals surface area contributed by atoms with E-state index in [0.29, 0.717) is 6.42 Å². The molecule has 0 spiro atoms. The highest BCUT2D eigenvalue weighted by Gasteiger charge is 2.30. The highest BCUT2D eigenvalue weighted by molar-refractivity contribution is 5.31. The van der Waals surface area contributed by atoms with Crippen molar-refractivity contribution in [1.82, 2.24) is 5.32 Å². The Balaban J connectivity index is 2.08. The first-order valence-corrected chi connectivity index (χ1v) is 6.75. The largest absolute Gasteiger partial charge is 0.490 e. The predicted octanol–water partition coefficient (Wildman–Crippen LogP) is 3.23. The lowest BCUT2D eigenvalue weighted by atomic mass is 9.88. The Kier molecular flexibility index (Phi) is 4.91. The van der Waals surface area contributed by atoms with Crippen LogP contribution in [0.5, 0.6) is 5.75 Å². The van der Waals surface area contributed by atoms with Gasteiger partial charge in [0.2, 0.25) is 0 Å². The van der Waals surface area contributed by atoms with E-state index in [2.05, 4.69) is 11.4 Å². The Morgan fingerprint density at radius 1 is 1.14 bits per heavy atom. The first-order chi connectivity index (χ1) is 10.2. The molecule has 0 aliphatic rings. The first kappa shape index (κ1) is 15.0. The monoisotopic (exact) mass is 284 g/mol. The second-order valence-electron chi connectivity index (χ2n) is 4.66. The van der Waals surface area contributed by atoms with Crippen molar-refractivity contribution >= 4 is 0 Å². The van der Waals surface area contributed by atoms with E-state index < -0.39 is 11.4 Å². The van der Waals surface area contributed by atoms with Crippen LogP contribution in [0.2, 0.25) is 0 Å². The minimum atomic E-state index is -0.841. The van der Waals surface area contributed by atoms with E-state index in [1.807, 2.05) is 30.3 Å². The fraction of sp³-hybridized carbons (Fsp3) is 0.235. The van der Waals surface area contributed by atoms with Crippen molar-refractivity contribution in [2.75, 3.05) is 13.7 Å². The number of hydrogen-bond acceptors (Lipinski definition) is 3. The van der Waals surface area contributed by atoms with Gasteiger partial charge in [-0.25, -0.2) is 4.39 Å². The summed E-state index contributed by atoms with van der Waals surface area (Å²) in [6, 6.07) is 18.0. The summed E-state index contributed by atoms with van der Waals surface area (Å²) in [5.41, 5.74) is 0.0270. The molecule has 1 N–H and O–H groups in total. The van der Waals surface area contributed by atoms with Gasteiger partial charge in [0.25, 0.3) is 0 Å². The van der Waals surface area contributed by atoms with E-state index in [9.17, 15) is 9.65 Å². The Hall–Kier alpha value is -2.38. The molecule has 4 heteroatoms. The zero-order valence-electron chi connectivity index (χ0n) is 11.8. The third-order valence-corrected chi connectivity index (χ3v) is 3.46. The van der Waals surface area contributed by atoms with Gasteiger partial charge < -0.3 is 4.74 Å². The van der Waals surface area contributed by atoms with Gasteiger partial charge in [-0.05, 0) is 24.7 Å². The molecule has 3 nitrogen and oxygen atoms in total. The van der Waals surface area contributed by atoms with Crippen molar-refractivity contribution in [2.24, 2.45) is 0 Å². The van der Waals surface area contributed by atoms with Gasteiger partial charge in [-0.1, -0.05) is 42.5 Å². The number of para-hydroxylation sites is 1. The minimum Gasteiger partial charge on any atom is -0.490 e. The van der Waals surface area contributed by atoms with Gasteiger partial charge in [0.05, 0.1) is 12.7 Å². The molecule has 2 aromatic carbocycles. The molecule has 108 valence electrons. The van der Waals surface area contributed by atoms with Crippen LogP contribution in [-0.4, -0.2) is 13.7 Å². The van der Waals surface area contributed by atoms with Gasteiger partial charge in [0, 0.05) is 6.42 Å². The smallest absolute Gasteiger partial charge is 0.165 e. The Morgan fingerprint density at radius 2 is 1.81 bits per heavy atom. The summed E-state index contributed by atoms with van der Waals surface area (Å²) in [6.45, 7) is 0.240. The molecule has 21 heavy (non-hydrogen) atoms. The highest BCUT2D eigenvalue weighted by atomic mass is 19.1. The number of nitriles is 1. The van der Waals surface area contributed by atoms with E-state index in [4.69, 9.17) is 4.74 Å². The molecule has 0 saturated carbocycles. The standard InChI is InChI=1S/C17H17FN2O/c1-20-17(13-19,14-7-3-2-4-8-14)11-12-21-16-10-6-5-9-15(16)18/h2-10,20H,11-12H2,1H3. The maximum atomic E-state index is 13.5. The molecule has 1 unspecified atom stereocenters. The van der Waals surface area contributed by atoms with Gasteiger partial charge in [-0.3, -0.25) is 5.32 Å². The maximum Gasteiger partial charge on any atom is 0.165 e. The van der Waals surface area contributed by atoms with Gasteiger partial charge in [0.15, 0.2) is 11.6 Å². The highest BCUT2D eigenvalue weighted by Crippen LogP contribution is 2.25. The number of hydrogen-bond donors (Lipinski definition) is 1. The molecular formula is C17H17FN2O. The third-order valence-electron chi connectivity index (χ3n) is 3.46. The van der Waals surface area contributed by atoms with Crippen LogP contribution in [-0.2, 0) is 5.54 Å². The van der Waals surface area contributed by atoms with Gasteiger partial charge in [-0.15, -0.1) is 0 Å². The topological polar surface area (TPSA) is 45.0 Å². The fourth-order valence-electron chi connectivity index (χ4n) is 2.19. The number of halogens is 1. The maximum absolute atomic E-state index is 13.5. The molecule has 0 aliphatic heterocycles. The molecule has 0 amide bonds. The number of nitrogens with one attached hydrogen (secondary N) is 1. The Morgan fingerprint density at radius 3 is 2.43 bits per heavy atom. The average molecular weight is 284 g/mol. The molecule has 0 saturated heterocycles. The van der Waals surface area contributed by atoms with Crippen LogP contribution in [0.4, 0.5) is 4.39 Å². The summed E-state index contributed by atoms with van der Waals surface area (Å²) >= 11 is 0. The van der Waals surface area contributed by atoms with E-state index in [-0.39, 0.29) is 12.4 Å².